The third-order valence-corrected chi connectivity index (χ3v) is 4.93. The van der Waals surface area contributed by atoms with Gasteiger partial charge in [0, 0.05) is 0 Å². The molecule has 1 aliphatic rings. The Morgan fingerprint density at radius 3 is 2.54 bits per heavy atom. The molecular formula is C18H18N2O3S. The van der Waals surface area contributed by atoms with Crippen molar-refractivity contribution in [3.8, 4) is 5.75 Å². The van der Waals surface area contributed by atoms with E-state index < -0.39 is 5.37 Å². The Labute approximate surface area is 145 Å². The predicted octanol–water partition coefficient (Wildman–Crippen LogP) is 3.95. The van der Waals surface area contributed by atoms with Crippen LogP contribution in [-0.4, -0.2) is 23.6 Å². The van der Waals surface area contributed by atoms with Gasteiger partial charge < -0.3 is 10.1 Å². The minimum Gasteiger partial charge on any atom is -0.495 e. The van der Waals surface area contributed by atoms with Crippen LogP contribution >= 0.6 is 11.8 Å². The molecule has 124 valence electrons. The van der Waals surface area contributed by atoms with Gasteiger partial charge in [0.2, 0.25) is 0 Å². The number of methoxy groups -OCH3 is 1. The highest BCUT2D eigenvalue weighted by Gasteiger charge is 2.41. The fourth-order valence-electron chi connectivity index (χ4n) is 2.50. The van der Waals surface area contributed by atoms with Crippen molar-refractivity contribution in [2.45, 2.75) is 19.2 Å². The normalized spacial score (nSPS) is 17.3. The summed E-state index contributed by atoms with van der Waals surface area (Å²) in [6.07, 6.45) is 0. The minimum absolute atomic E-state index is 0.279. The van der Waals surface area contributed by atoms with E-state index in [-0.39, 0.29) is 11.1 Å². The third kappa shape index (κ3) is 2.97. The second kappa shape index (κ2) is 6.57. The Morgan fingerprint density at radius 2 is 1.83 bits per heavy atom. The Hall–Kier alpha value is -2.47. The number of ether oxygens (including phenoxy) is 1. The van der Waals surface area contributed by atoms with Gasteiger partial charge in [-0.05, 0) is 61.0 Å². The molecule has 0 radical (unpaired) electrons. The standard InChI is InChI=1S/C18H18N2O3S/c1-11-8-9-13(10-12(11)2)20-17(21)16(24-18(20)22)19-14-6-4-5-7-15(14)23-3/h4-10,16,19H,1-3H3. The van der Waals surface area contributed by atoms with Gasteiger partial charge in [0.25, 0.3) is 11.1 Å². The van der Waals surface area contributed by atoms with E-state index in [1.165, 1.54) is 4.90 Å². The molecule has 1 unspecified atom stereocenters. The number of carbonyl (C=O) groups is 2. The summed E-state index contributed by atoms with van der Waals surface area (Å²) in [5, 5.41) is 2.14. The maximum Gasteiger partial charge on any atom is 0.295 e. The van der Waals surface area contributed by atoms with Crippen LogP contribution in [0.15, 0.2) is 42.5 Å². The molecule has 6 heteroatoms. The SMILES string of the molecule is COc1ccccc1NC1SC(=O)N(c2ccc(C)c(C)c2)C1=O. The molecule has 2 amide bonds. The number of thioether (sulfide) groups is 1. The zero-order valence-electron chi connectivity index (χ0n) is 13.7. The van der Waals surface area contributed by atoms with E-state index >= 15 is 0 Å². The second-order valence-corrected chi connectivity index (χ2v) is 6.61. The number of benzene rings is 2. The largest absolute Gasteiger partial charge is 0.495 e. The number of amides is 2. The maximum atomic E-state index is 12.7. The number of hydrogen-bond donors (Lipinski definition) is 1. The summed E-state index contributed by atoms with van der Waals surface area (Å²) in [5.74, 6) is 0.349. The van der Waals surface area contributed by atoms with Crippen molar-refractivity contribution in [1.29, 1.82) is 0 Å². The molecule has 0 aliphatic carbocycles. The highest BCUT2D eigenvalue weighted by Crippen LogP contribution is 2.35. The number of rotatable bonds is 4. The molecule has 3 rings (SSSR count). The first-order valence-corrected chi connectivity index (χ1v) is 8.40. The predicted molar refractivity (Wildman–Crippen MR) is 96.8 cm³/mol. The number of anilines is 2. The van der Waals surface area contributed by atoms with Crippen LogP contribution in [0.25, 0.3) is 0 Å². The van der Waals surface area contributed by atoms with Gasteiger partial charge in [0.1, 0.15) is 5.75 Å². The molecular weight excluding hydrogens is 324 g/mol. The molecule has 1 N–H and O–H groups in total. The highest BCUT2D eigenvalue weighted by molar-refractivity contribution is 8.16. The average Bonchev–Trinajstić information content (AvgIpc) is 2.85. The molecule has 5 nitrogen and oxygen atoms in total. The summed E-state index contributed by atoms with van der Waals surface area (Å²) in [5.41, 5.74) is 3.44. The summed E-state index contributed by atoms with van der Waals surface area (Å²) in [6, 6.07) is 12.9. The average molecular weight is 342 g/mol. The van der Waals surface area contributed by atoms with Gasteiger partial charge in [-0.15, -0.1) is 0 Å². The van der Waals surface area contributed by atoms with Crippen molar-refractivity contribution >= 4 is 34.3 Å². The first-order chi connectivity index (χ1) is 11.5. The molecule has 1 aliphatic heterocycles. The highest BCUT2D eigenvalue weighted by atomic mass is 32.2. The zero-order valence-corrected chi connectivity index (χ0v) is 14.5. The van der Waals surface area contributed by atoms with Crippen molar-refractivity contribution in [1.82, 2.24) is 0 Å². The molecule has 0 spiro atoms. The van der Waals surface area contributed by atoms with Gasteiger partial charge in [-0.1, -0.05) is 18.2 Å². The number of nitrogens with one attached hydrogen (secondary N) is 1. The van der Waals surface area contributed by atoms with Crippen molar-refractivity contribution in [2.75, 3.05) is 17.3 Å². The summed E-state index contributed by atoms with van der Waals surface area (Å²) >= 11 is 0.971. The molecule has 1 saturated heterocycles. The van der Waals surface area contributed by atoms with Crippen LogP contribution in [0.3, 0.4) is 0 Å². The van der Waals surface area contributed by atoms with Crippen LogP contribution in [0.4, 0.5) is 16.2 Å². The van der Waals surface area contributed by atoms with E-state index in [2.05, 4.69) is 5.32 Å². The molecule has 24 heavy (non-hydrogen) atoms. The van der Waals surface area contributed by atoms with Gasteiger partial charge in [0.05, 0.1) is 18.5 Å². The molecule has 0 saturated carbocycles. The van der Waals surface area contributed by atoms with Gasteiger partial charge in [-0.25, -0.2) is 4.90 Å². The van der Waals surface area contributed by atoms with Gasteiger partial charge in [-0.2, -0.15) is 0 Å². The molecule has 2 aromatic rings. The topological polar surface area (TPSA) is 58.6 Å². The smallest absolute Gasteiger partial charge is 0.295 e. The van der Waals surface area contributed by atoms with Crippen molar-refractivity contribution in [3.63, 3.8) is 0 Å². The number of nitrogens with zero attached hydrogens (tertiary/aromatic N) is 1. The van der Waals surface area contributed by atoms with Gasteiger partial charge in [0.15, 0.2) is 5.37 Å². The molecule has 1 atom stereocenters. The number of hydrogen-bond acceptors (Lipinski definition) is 5. The van der Waals surface area contributed by atoms with Crippen LogP contribution in [-0.2, 0) is 4.79 Å². The molecule has 1 fully saturated rings. The van der Waals surface area contributed by atoms with Crippen LogP contribution in [0.1, 0.15) is 11.1 Å². The van der Waals surface area contributed by atoms with E-state index in [0.29, 0.717) is 17.1 Å². The number of para-hydroxylation sites is 2. The number of carbonyl (C=O) groups excluding carboxylic acids is 2. The van der Waals surface area contributed by atoms with E-state index in [4.69, 9.17) is 4.74 Å². The fourth-order valence-corrected chi connectivity index (χ4v) is 3.40. The lowest BCUT2D eigenvalue weighted by Gasteiger charge is -2.17. The second-order valence-electron chi connectivity index (χ2n) is 5.55. The Kier molecular flexibility index (Phi) is 4.49. The number of aryl methyl sites for hydroxylation is 2. The van der Waals surface area contributed by atoms with E-state index in [1.807, 2.05) is 44.2 Å². The van der Waals surface area contributed by atoms with Crippen LogP contribution < -0.4 is 15.0 Å². The van der Waals surface area contributed by atoms with E-state index in [9.17, 15) is 9.59 Å². The molecule has 0 bridgehead atoms. The van der Waals surface area contributed by atoms with E-state index in [1.54, 1.807) is 19.2 Å². The first kappa shape index (κ1) is 16.4. The van der Waals surface area contributed by atoms with Crippen molar-refractivity contribution in [2.24, 2.45) is 0 Å². The van der Waals surface area contributed by atoms with Crippen LogP contribution in [0.2, 0.25) is 0 Å². The molecule has 2 aromatic carbocycles. The summed E-state index contributed by atoms with van der Waals surface area (Å²) in [7, 11) is 1.57. The van der Waals surface area contributed by atoms with Crippen LogP contribution in [0, 0.1) is 13.8 Å². The van der Waals surface area contributed by atoms with Crippen molar-refractivity contribution < 1.29 is 14.3 Å². The Bertz CT molecular complexity index is 807. The third-order valence-electron chi connectivity index (χ3n) is 3.99. The lowest BCUT2D eigenvalue weighted by atomic mass is 10.1. The zero-order chi connectivity index (χ0) is 17.3. The lowest BCUT2D eigenvalue weighted by Crippen LogP contribution is -2.34. The summed E-state index contributed by atoms with van der Waals surface area (Å²) in [4.78, 5) is 26.3. The van der Waals surface area contributed by atoms with Crippen LogP contribution in [0.5, 0.6) is 5.75 Å². The molecule has 0 aromatic heterocycles. The van der Waals surface area contributed by atoms with Gasteiger partial charge >= 0.3 is 0 Å². The number of imide groups is 1. The fraction of sp³-hybridized carbons (Fsp3) is 0.222. The van der Waals surface area contributed by atoms with Gasteiger partial charge in [-0.3, -0.25) is 9.59 Å². The quantitative estimate of drug-likeness (QED) is 0.912. The summed E-state index contributed by atoms with van der Waals surface area (Å²) < 4.78 is 5.28. The van der Waals surface area contributed by atoms with Crippen molar-refractivity contribution in [3.05, 3.63) is 53.6 Å². The minimum atomic E-state index is -0.671. The maximum absolute atomic E-state index is 12.7. The molecule has 1 heterocycles. The Morgan fingerprint density at radius 1 is 1.08 bits per heavy atom. The van der Waals surface area contributed by atoms with E-state index in [0.717, 1.165) is 22.9 Å². The first-order valence-electron chi connectivity index (χ1n) is 7.52. The Balaban J connectivity index is 1.85. The monoisotopic (exact) mass is 342 g/mol. The summed E-state index contributed by atoms with van der Waals surface area (Å²) in [6.45, 7) is 3.95. The lowest BCUT2D eigenvalue weighted by molar-refractivity contribution is -0.116.